The maximum absolute atomic E-state index is 10.8. The van der Waals surface area contributed by atoms with Gasteiger partial charge in [0.05, 0.1) is 4.83 Å². The van der Waals surface area contributed by atoms with Gasteiger partial charge in [-0.2, -0.15) is 0 Å². The first-order valence-electron chi connectivity index (χ1n) is 2.42. The highest BCUT2D eigenvalue weighted by atomic mass is 79.9. The van der Waals surface area contributed by atoms with Gasteiger partial charge in [0.15, 0.2) is 5.78 Å². The van der Waals surface area contributed by atoms with Gasteiger partial charge in [-0.05, 0) is 12.8 Å². The molecule has 0 aliphatic heterocycles. The van der Waals surface area contributed by atoms with Crippen LogP contribution in [0.4, 0.5) is 0 Å². The molecule has 1 saturated carbocycles. The molecule has 0 bridgehead atoms. The van der Waals surface area contributed by atoms with Crippen molar-refractivity contribution in [2.45, 2.75) is 11.8 Å². The number of halogens is 1. The number of rotatable bonds is 0. The second-order valence-electron chi connectivity index (χ2n) is 1.81. The predicted octanol–water partition coefficient (Wildman–Crippen LogP) is 1.34. The molecule has 2 heteroatoms. The van der Waals surface area contributed by atoms with Gasteiger partial charge in [-0.15, -0.1) is 0 Å². The summed E-state index contributed by atoms with van der Waals surface area (Å²) in [5.74, 6) is 1.02. The van der Waals surface area contributed by atoms with Crippen molar-refractivity contribution in [1.82, 2.24) is 0 Å². The smallest absolute Gasteiger partial charge is 0.153 e. The summed E-state index contributed by atoms with van der Waals surface area (Å²) in [6.45, 7) is 1.82. The molecule has 1 nitrogen and oxygen atoms in total. The normalized spacial score (nSPS) is 31.8. The molecule has 0 aromatic carbocycles. The number of carbonyl (C=O) groups excluding carboxylic acids is 1. The Labute approximate surface area is 57.6 Å². The van der Waals surface area contributed by atoms with Crippen LogP contribution in [0.2, 0.25) is 0 Å². The van der Waals surface area contributed by atoms with Crippen LogP contribution in [-0.2, 0) is 4.79 Å². The number of hydrogen-bond acceptors (Lipinski definition) is 1. The van der Waals surface area contributed by atoms with E-state index in [0.717, 1.165) is 5.92 Å². The number of ketones is 1. The Balaban J connectivity index is 2.57. The van der Waals surface area contributed by atoms with E-state index in [9.17, 15) is 4.79 Å². The third kappa shape index (κ3) is 0.943. The van der Waals surface area contributed by atoms with Crippen LogP contribution in [-0.4, -0.2) is 10.6 Å². The molecule has 1 aliphatic carbocycles. The van der Waals surface area contributed by atoms with Gasteiger partial charge in [-0.1, -0.05) is 22.9 Å². The van der Waals surface area contributed by atoms with E-state index in [1.165, 1.54) is 0 Å². The fraction of sp³-hybridized carbons (Fsp3) is 0.333. The molecule has 8 heavy (non-hydrogen) atoms. The maximum Gasteiger partial charge on any atom is 0.153 e. The van der Waals surface area contributed by atoms with Crippen LogP contribution in [0.25, 0.3) is 0 Å². The molecule has 1 rings (SSSR count). The number of alkyl halides is 1. The van der Waals surface area contributed by atoms with E-state index in [1.54, 1.807) is 0 Å². The summed E-state index contributed by atoms with van der Waals surface area (Å²) < 4.78 is 0. The van der Waals surface area contributed by atoms with E-state index in [4.69, 9.17) is 0 Å². The number of carbonyl (C=O) groups is 1. The maximum atomic E-state index is 10.8. The van der Waals surface area contributed by atoms with Crippen LogP contribution in [0.15, 0.2) is 0 Å². The highest BCUT2D eigenvalue weighted by Gasteiger charge is 2.29. The van der Waals surface area contributed by atoms with Gasteiger partial charge in [-0.25, -0.2) is 0 Å². The minimum absolute atomic E-state index is 0.0532. The van der Waals surface area contributed by atoms with E-state index in [1.807, 2.05) is 19.8 Å². The van der Waals surface area contributed by atoms with Crippen LogP contribution in [0, 0.1) is 18.8 Å². The largest absolute Gasteiger partial charge is 0.298 e. The topological polar surface area (TPSA) is 17.1 Å². The third-order valence-electron chi connectivity index (χ3n) is 1.15. The Kier molecular flexibility index (Phi) is 1.71. The Morgan fingerprint density at radius 1 is 1.75 bits per heavy atom. The van der Waals surface area contributed by atoms with Crippen molar-refractivity contribution < 1.29 is 4.79 Å². The summed E-state index contributed by atoms with van der Waals surface area (Å²) in [5.41, 5.74) is 0. The van der Waals surface area contributed by atoms with Gasteiger partial charge in [0.1, 0.15) is 0 Å². The number of Topliss-reactive ketones (excluding diaryl/α,β-unsaturated/α-hetero) is 1. The minimum atomic E-state index is -0.0532. The molecular formula is C6H6BrO. The van der Waals surface area contributed by atoms with E-state index >= 15 is 0 Å². The van der Waals surface area contributed by atoms with Crippen molar-refractivity contribution in [3.63, 3.8) is 0 Å². The van der Waals surface area contributed by atoms with E-state index in [2.05, 4.69) is 15.9 Å². The molecule has 1 atom stereocenters. The molecule has 3 radical (unpaired) electrons. The van der Waals surface area contributed by atoms with Crippen LogP contribution in [0.1, 0.15) is 6.92 Å². The van der Waals surface area contributed by atoms with Gasteiger partial charge in [0.2, 0.25) is 0 Å². The van der Waals surface area contributed by atoms with Crippen molar-refractivity contribution in [1.29, 1.82) is 0 Å². The molecule has 0 heterocycles. The lowest BCUT2D eigenvalue weighted by molar-refractivity contribution is -0.115. The minimum Gasteiger partial charge on any atom is -0.298 e. The monoisotopic (exact) mass is 173 g/mol. The molecule has 43 valence electrons. The van der Waals surface area contributed by atoms with Crippen LogP contribution in [0.3, 0.4) is 0 Å². The summed E-state index contributed by atoms with van der Waals surface area (Å²) in [6, 6.07) is 0. The second kappa shape index (κ2) is 2.18. The zero-order chi connectivity index (χ0) is 6.15. The molecule has 0 spiro atoms. The summed E-state index contributed by atoms with van der Waals surface area (Å²) in [4.78, 5) is 10.7. The first-order valence-corrected chi connectivity index (χ1v) is 3.33. The van der Waals surface area contributed by atoms with Gasteiger partial charge >= 0.3 is 0 Å². The van der Waals surface area contributed by atoms with E-state index < -0.39 is 0 Å². The van der Waals surface area contributed by atoms with Gasteiger partial charge < -0.3 is 0 Å². The molecule has 0 saturated heterocycles. The van der Waals surface area contributed by atoms with Crippen molar-refractivity contribution in [2.24, 2.45) is 0 Å². The van der Waals surface area contributed by atoms with E-state index in [-0.39, 0.29) is 10.6 Å². The zero-order valence-corrected chi connectivity index (χ0v) is 6.10. The molecule has 1 unspecified atom stereocenters. The highest BCUT2D eigenvalue weighted by molar-refractivity contribution is 9.10. The van der Waals surface area contributed by atoms with Gasteiger partial charge in [0.25, 0.3) is 0 Å². The summed E-state index contributed by atoms with van der Waals surface area (Å²) >= 11 is 3.19. The summed E-state index contributed by atoms with van der Waals surface area (Å²) in [5, 5.41) is 0. The van der Waals surface area contributed by atoms with Crippen LogP contribution in [0.5, 0.6) is 0 Å². The molecule has 1 fully saturated rings. The molecule has 0 amide bonds. The fourth-order valence-corrected chi connectivity index (χ4v) is 1.13. The van der Waals surface area contributed by atoms with Crippen LogP contribution < -0.4 is 0 Å². The van der Waals surface area contributed by atoms with Gasteiger partial charge in [-0.3, -0.25) is 4.79 Å². The highest BCUT2D eigenvalue weighted by Crippen LogP contribution is 2.25. The first kappa shape index (κ1) is 6.27. The van der Waals surface area contributed by atoms with E-state index in [0.29, 0.717) is 0 Å². The zero-order valence-electron chi connectivity index (χ0n) is 4.52. The Morgan fingerprint density at radius 2 is 2.38 bits per heavy atom. The van der Waals surface area contributed by atoms with Gasteiger partial charge in [0, 0.05) is 5.92 Å². The predicted molar refractivity (Wildman–Crippen MR) is 35.2 cm³/mol. The molecule has 1 aliphatic rings. The fourth-order valence-electron chi connectivity index (χ4n) is 0.616. The van der Waals surface area contributed by atoms with Crippen molar-refractivity contribution in [3.8, 4) is 0 Å². The molecule has 0 N–H and O–H groups in total. The Bertz CT molecular complexity index is 99.1. The summed E-state index contributed by atoms with van der Waals surface area (Å²) in [7, 11) is 0. The summed E-state index contributed by atoms with van der Waals surface area (Å²) in [6.07, 6.45) is 3.68. The molecular weight excluding hydrogens is 168 g/mol. The van der Waals surface area contributed by atoms with Crippen molar-refractivity contribution in [2.75, 3.05) is 0 Å². The standard InChI is InChI=1S/C6H6BrO/c1-4-2-3-5(7)6(4)8/h2-3,5H,1H3. The lowest BCUT2D eigenvalue weighted by atomic mass is 10.1. The Morgan fingerprint density at radius 3 is 2.50 bits per heavy atom. The van der Waals surface area contributed by atoms with Crippen molar-refractivity contribution >= 4 is 21.7 Å². The first-order chi connectivity index (χ1) is 3.72. The Hall–Kier alpha value is 0.150. The number of hydrogen-bond donors (Lipinski definition) is 0. The SMILES string of the molecule is C[C]1[CH][CH]C(Br)C1=O. The average molecular weight is 174 g/mol. The lowest BCUT2D eigenvalue weighted by Gasteiger charge is -1.94. The lowest BCUT2D eigenvalue weighted by Crippen LogP contribution is -2.08. The third-order valence-corrected chi connectivity index (χ3v) is 1.88. The quantitative estimate of drug-likeness (QED) is 0.506. The average Bonchev–Trinajstić information content (AvgIpc) is 1.98. The molecule has 0 aromatic rings. The molecule has 0 aromatic heterocycles. The van der Waals surface area contributed by atoms with Crippen LogP contribution >= 0.6 is 15.9 Å². The second-order valence-corrected chi connectivity index (χ2v) is 2.79. The van der Waals surface area contributed by atoms with Crippen molar-refractivity contribution in [3.05, 3.63) is 18.8 Å².